The summed E-state index contributed by atoms with van der Waals surface area (Å²) >= 11 is 0. The summed E-state index contributed by atoms with van der Waals surface area (Å²) < 4.78 is 0. The molecule has 0 radical (unpaired) electrons. The molecule has 0 aliphatic carbocycles. The van der Waals surface area contributed by atoms with E-state index >= 15 is 0 Å². The SMILES string of the molecule is CCNc1ncccc1CN(CC)c1ccccc1. The molecule has 0 bridgehead atoms. The summed E-state index contributed by atoms with van der Waals surface area (Å²) in [6.07, 6.45) is 1.83. The van der Waals surface area contributed by atoms with Crippen molar-refractivity contribution in [3.05, 3.63) is 54.2 Å². The molecule has 0 aliphatic heterocycles. The first-order chi connectivity index (χ1) is 9.35. The number of rotatable bonds is 6. The predicted octanol–water partition coefficient (Wildman–Crippen LogP) is 3.54. The average molecular weight is 255 g/mol. The van der Waals surface area contributed by atoms with Crippen LogP contribution < -0.4 is 10.2 Å². The summed E-state index contributed by atoms with van der Waals surface area (Å²) in [5.74, 6) is 0.986. The number of nitrogens with zero attached hydrogens (tertiary/aromatic N) is 2. The summed E-state index contributed by atoms with van der Waals surface area (Å²) in [6.45, 7) is 7.01. The highest BCUT2D eigenvalue weighted by molar-refractivity contribution is 5.50. The highest BCUT2D eigenvalue weighted by Crippen LogP contribution is 2.19. The monoisotopic (exact) mass is 255 g/mol. The van der Waals surface area contributed by atoms with E-state index in [1.165, 1.54) is 11.3 Å². The molecule has 0 aliphatic rings. The first-order valence-electron chi connectivity index (χ1n) is 6.83. The third kappa shape index (κ3) is 3.47. The lowest BCUT2D eigenvalue weighted by Crippen LogP contribution is -2.22. The van der Waals surface area contributed by atoms with Gasteiger partial charge in [0.2, 0.25) is 0 Å². The fourth-order valence-corrected chi connectivity index (χ4v) is 2.12. The summed E-state index contributed by atoms with van der Waals surface area (Å²) in [4.78, 5) is 6.76. The van der Waals surface area contributed by atoms with Crippen LogP contribution >= 0.6 is 0 Å². The molecule has 0 saturated carbocycles. The van der Waals surface area contributed by atoms with Crippen LogP contribution in [0, 0.1) is 0 Å². The third-order valence-corrected chi connectivity index (χ3v) is 3.10. The average Bonchev–Trinajstić information content (AvgIpc) is 2.47. The standard InChI is InChI=1S/C16H21N3/c1-3-17-16-14(9-8-12-18-16)13-19(4-2)15-10-6-5-7-11-15/h5-12H,3-4,13H2,1-2H3,(H,17,18). The Hall–Kier alpha value is -2.03. The maximum Gasteiger partial charge on any atom is 0.130 e. The van der Waals surface area contributed by atoms with Crippen LogP contribution in [0.1, 0.15) is 19.4 Å². The molecular formula is C16H21N3. The lowest BCUT2D eigenvalue weighted by atomic mass is 10.2. The molecule has 0 unspecified atom stereocenters. The van der Waals surface area contributed by atoms with Gasteiger partial charge in [-0.2, -0.15) is 0 Å². The summed E-state index contributed by atoms with van der Waals surface area (Å²) in [5, 5.41) is 3.32. The van der Waals surface area contributed by atoms with Gasteiger partial charge in [0.25, 0.3) is 0 Å². The Bertz CT molecular complexity index is 496. The lowest BCUT2D eigenvalue weighted by molar-refractivity contribution is 0.828. The van der Waals surface area contributed by atoms with Crippen molar-refractivity contribution in [2.24, 2.45) is 0 Å². The molecule has 0 atom stereocenters. The zero-order chi connectivity index (χ0) is 13.5. The third-order valence-electron chi connectivity index (χ3n) is 3.10. The van der Waals surface area contributed by atoms with E-state index in [0.29, 0.717) is 0 Å². The van der Waals surface area contributed by atoms with Crippen LogP contribution in [-0.4, -0.2) is 18.1 Å². The minimum absolute atomic E-state index is 0.872. The van der Waals surface area contributed by atoms with E-state index in [4.69, 9.17) is 0 Å². The number of pyridine rings is 1. The molecule has 1 N–H and O–H groups in total. The predicted molar refractivity (Wildman–Crippen MR) is 81.6 cm³/mol. The highest BCUT2D eigenvalue weighted by atomic mass is 15.1. The number of benzene rings is 1. The van der Waals surface area contributed by atoms with Crippen molar-refractivity contribution in [3.63, 3.8) is 0 Å². The fraction of sp³-hybridized carbons (Fsp3) is 0.312. The molecule has 0 spiro atoms. The quantitative estimate of drug-likeness (QED) is 0.855. The van der Waals surface area contributed by atoms with Gasteiger partial charge in [0.1, 0.15) is 5.82 Å². The van der Waals surface area contributed by atoms with Crippen LogP contribution in [0.3, 0.4) is 0 Å². The van der Waals surface area contributed by atoms with Crippen LogP contribution in [-0.2, 0) is 6.54 Å². The second-order valence-corrected chi connectivity index (χ2v) is 4.39. The first-order valence-corrected chi connectivity index (χ1v) is 6.83. The van der Waals surface area contributed by atoms with Crippen LogP contribution in [0.5, 0.6) is 0 Å². The molecule has 3 nitrogen and oxygen atoms in total. The smallest absolute Gasteiger partial charge is 0.130 e. The summed E-state index contributed by atoms with van der Waals surface area (Å²) in [7, 11) is 0. The Morgan fingerprint density at radius 1 is 1.05 bits per heavy atom. The van der Waals surface area contributed by atoms with E-state index < -0.39 is 0 Å². The van der Waals surface area contributed by atoms with Gasteiger partial charge in [-0.05, 0) is 32.0 Å². The normalized spacial score (nSPS) is 10.2. The molecule has 0 amide bonds. The van der Waals surface area contributed by atoms with Crippen molar-refractivity contribution in [2.45, 2.75) is 20.4 Å². The van der Waals surface area contributed by atoms with Crippen LogP contribution in [0.25, 0.3) is 0 Å². The maximum absolute atomic E-state index is 4.41. The van der Waals surface area contributed by atoms with Crippen molar-refractivity contribution in [1.82, 2.24) is 4.98 Å². The molecule has 1 aromatic carbocycles. The van der Waals surface area contributed by atoms with Crippen molar-refractivity contribution < 1.29 is 0 Å². The van der Waals surface area contributed by atoms with E-state index in [9.17, 15) is 0 Å². The first kappa shape index (κ1) is 13.4. The second kappa shape index (κ2) is 6.78. The molecule has 1 aromatic heterocycles. The topological polar surface area (TPSA) is 28.2 Å². The van der Waals surface area contributed by atoms with Gasteiger partial charge in [0, 0.05) is 37.1 Å². The molecular weight excluding hydrogens is 234 g/mol. The van der Waals surface area contributed by atoms with Crippen molar-refractivity contribution in [2.75, 3.05) is 23.3 Å². The zero-order valence-electron chi connectivity index (χ0n) is 11.6. The van der Waals surface area contributed by atoms with Crippen molar-refractivity contribution in [1.29, 1.82) is 0 Å². The Morgan fingerprint density at radius 2 is 1.84 bits per heavy atom. The Labute approximate surface area is 115 Å². The number of aromatic nitrogens is 1. The Balaban J connectivity index is 2.19. The molecule has 19 heavy (non-hydrogen) atoms. The molecule has 3 heteroatoms. The van der Waals surface area contributed by atoms with Crippen LogP contribution in [0.4, 0.5) is 11.5 Å². The van der Waals surface area contributed by atoms with Gasteiger partial charge in [0.15, 0.2) is 0 Å². The van der Waals surface area contributed by atoms with E-state index in [0.717, 1.165) is 25.5 Å². The van der Waals surface area contributed by atoms with Gasteiger partial charge in [-0.15, -0.1) is 0 Å². The zero-order valence-corrected chi connectivity index (χ0v) is 11.6. The van der Waals surface area contributed by atoms with Crippen LogP contribution in [0.2, 0.25) is 0 Å². The lowest BCUT2D eigenvalue weighted by Gasteiger charge is -2.24. The second-order valence-electron chi connectivity index (χ2n) is 4.39. The van der Waals surface area contributed by atoms with Gasteiger partial charge in [-0.3, -0.25) is 0 Å². The van der Waals surface area contributed by atoms with Crippen molar-refractivity contribution in [3.8, 4) is 0 Å². The van der Waals surface area contributed by atoms with Crippen molar-refractivity contribution >= 4 is 11.5 Å². The minimum atomic E-state index is 0.872. The highest BCUT2D eigenvalue weighted by Gasteiger charge is 2.08. The van der Waals surface area contributed by atoms with E-state index in [1.54, 1.807) is 0 Å². The van der Waals surface area contributed by atoms with E-state index in [-0.39, 0.29) is 0 Å². The minimum Gasteiger partial charge on any atom is -0.370 e. The fourth-order valence-electron chi connectivity index (χ4n) is 2.12. The van der Waals surface area contributed by atoms with Gasteiger partial charge in [0.05, 0.1) is 0 Å². The maximum atomic E-state index is 4.41. The number of anilines is 2. The summed E-state index contributed by atoms with van der Waals surface area (Å²) in [5.41, 5.74) is 2.48. The Kier molecular flexibility index (Phi) is 4.78. The molecule has 0 fully saturated rings. The number of hydrogen-bond acceptors (Lipinski definition) is 3. The van der Waals surface area contributed by atoms with Gasteiger partial charge < -0.3 is 10.2 Å². The number of hydrogen-bond donors (Lipinski definition) is 1. The largest absolute Gasteiger partial charge is 0.370 e. The molecule has 2 aromatic rings. The molecule has 0 saturated heterocycles. The van der Waals surface area contributed by atoms with E-state index in [1.807, 2.05) is 18.3 Å². The van der Waals surface area contributed by atoms with E-state index in [2.05, 4.69) is 59.4 Å². The molecule has 100 valence electrons. The van der Waals surface area contributed by atoms with Gasteiger partial charge in [-0.25, -0.2) is 4.98 Å². The van der Waals surface area contributed by atoms with Gasteiger partial charge in [-0.1, -0.05) is 24.3 Å². The summed E-state index contributed by atoms with van der Waals surface area (Å²) in [6, 6.07) is 14.6. The molecule has 2 rings (SSSR count). The number of para-hydroxylation sites is 1. The molecule has 1 heterocycles. The number of nitrogens with one attached hydrogen (secondary N) is 1. The van der Waals surface area contributed by atoms with Gasteiger partial charge >= 0.3 is 0 Å². The van der Waals surface area contributed by atoms with Crippen LogP contribution in [0.15, 0.2) is 48.7 Å². The Morgan fingerprint density at radius 3 is 2.53 bits per heavy atom.